The molecule has 1 rings (SSSR count). The van der Waals surface area contributed by atoms with Crippen LogP contribution in [0.4, 0.5) is 0 Å². The van der Waals surface area contributed by atoms with Crippen LogP contribution in [0.3, 0.4) is 0 Å². The van der Waals surface area contributed by atoms with E-state index in [-0.39, 0.29) is 0 Å². The largest absolute Gasteiger partial charge is 0.378 e. The molecule has 0 aliphatic carbocycles. The first-order valence-electron chi connectivity index (χ1n) is 6.35. The number of hydrogen-bond acceptors (Lipinski definition) is 3. The lowest BCUT2D eigenvalue weighted by atomic mass is 10.1. The molecule has 3 heteroatoms. The van der Waals surface area contributed by atoms with Gasteiger partial charge in [0.25, 0.3) is 0 Å². The third kappa shape index (κ3) is 6.13. The SMILES string of the molecule is CC(CCCN)CNCCC1CCCO1. The van der Waals surface area contributed by atoms with Crippen LogP contribution in [0.5, 0.6) is 0 Å². The van der Waals surface area contributed by atoms with Crippen molar-refractivity contribution in [1.29, 1.82) is 0 Å². The second-order valence-corrected chi connectivity index (χ2v) is 4.66. The molecule has 0 aromatic rings. The minimum atomic E-state index is 0.525. The van der Waals surface area contributed by atoms with Gasteiger partial charge in [0.05, 0.1) is 6.10 Å². The fraction of sp³-hybridized carbons (Fsp3) is 1.00. The Morgan fingerprint density at radius 1 is 1.53 bits per heavy atom. The zero-order valence-corrected chi connectivity index (χ0v) is 10.0. The van der Waals surface area contributed by atoms with Crippen molar-refractivity contribution in [1.82, 2.24) is 5.32 Å². The molecule has 0 saturated carbocycles. The van der Waals surface area contributed by atoms with Crippen LogP contribution < -0.4 is 11.1 Å². The van der Waals surface area contributed by atoms with Crippen molar-refractivity contribution < 1.29 is 4.74 Å². The van der Waals surface area contributed by atoms with Gasteiger partial charge in [-0.15, -0.1) is 0 Å². The molecule has 90 valence electrons. The third-order valence-corrected chi connectivity index (χ3v) is 3.06. The maximum atomic E-state index is 5.57. The highest BCUT2D eigenvalue weighted by atomic mass is 16.5. The molecule has 15 heavy (non-hydrogen) atoms. The van der Waals surface area contributed by atoms with E-state index in [1.165, 1.54) is 25.7 Å². The van der Waals surface area contributed by atoms with E-state index in [1.54, 1.807) is 0 Å². The van der Waals surface area contributed by atoms with Crippen molar-refractivity contribution >= 4 is 0 Å². The molecule has 0 radical (unpaired) electrons. The van der Waals surface area contributed by atoms with Gasteiger partial charge in [0.1, 0.15) is 0 Å². The summed E-state index contributed by atoms with van der Waals surface area (Å²) in [5.74, 6) is 0.748. The molecule has 3 N–H and O–H groups in total. The molecule has 1 fully saturated rings. The van der Waals surface area contributed by atoms with Gasteiger partial charge in [-0.05, 0) is 57.7 Å². The average molecular weight is 214 g/mol. The van der Waals surface area contributed by atoms with E-state index in [4.69, 9.17) is 10.5 Å². The van der Waals surface area contributed by atoms with Gasteiger partial charge in [-0.1, -0.05) is 6.92 Å². The van der Waals surface area contributed by atoms with Gasteiger partial charge in [0.15, 0.2) is 0 Å². The number of ether oxygens (including phenoxy) is 1. The standard InChI is InChI=1S/C12H26N2O/c1-11(4-2-7-13)10-14-8-6-12-5-3-9-15-12/h11-12,14H,2-10,13H2,1H3. The molecule has 1 aliphatic heterocycles. The summed E-state index contributed by atoms with van der Waals surface area (Å²) in [5, 5.41) is 3.50. The molecule has 0 aromatic heterocycles. The van der Waals surface area contributed by atoms with Crippen molar-refractivity contribution in [2.45, 2.75) is 45.1 Å². The van der Waals surface area contributed by atoms with Crippen LogP contribution in [0, 0.1) is 5.92 Å². The van der Waals surface area contributed by atoms with Crippen LogP contribution in [0.1, 0.15) is 39.0 Å². The summed E-state index contributed by atoms with van der Waals surface area (Å²) in [6.45, 7) is 6.29. The monoisotopic (exact) mass is 214 g/mol. The Kier molecular flexibility index (Phi) is 6.98. The van der Waals surface area contributed by atoms with Crippen LogP contribution in [-0.2, 0) is 4.74 Å². The summed E-state index contributed by atoms with van der Waals surface area (Å²) in [6, 6.07) is 0. The van der Waals surface area contributed by atoms with Gasteiger partial charge >= 0.3 is 0 Å². The Morgan fingerprint density at radius 3 is 3.07 bits per heavy atom. The summed E-state index contributed by atoms with van der Waals surface area (Å²) < 4.78 is 5.57. The lowest BCUT2D eigenvalue weighted by molar-refractivity contribution is 0.104. The van der Waals surface area contributed by atoms with E-state index in [9.17, 15) is 0 Å². The highest BCUT2D eigenvalue weighted by molar-refractivity contribution is 4.66. The molecule has 1 saturated heterocycles. The predicted molar refractivity (Wildman–Crippen MR) is 63.9 cm³/mol. The first-order valence-corrected chi connectivity index (χ1v) is 6.35. The zero-order valence-electron chi connectivity index (χ0n) is 10.0. The summed E-state index contributed by atoms with van der Waals surface area (Å²) >= 11 is 0. The summed E-state index contributed by atoms with van der Waals surface area (Å²) in [7, 11) is 0. The number of nitrogens with two attached hydrogens (primary N) is 1. The summed E-state index contributed by atoms with van der Waals surface area (Å²) in [4.78, 5) is 0. The Labute approximate surface area is 93.8 Å². The van der Waals surface area contributed by atoms with Crippen molar-refractivity contribution in [2.75, 3.05) is 26.2 Å². The molecule has 0 aromatic carbocycles. The van der Waals surface area contributed by atoms with Crippen LogP contribution >= 0.6 is 0 Å². The number of rotatable bonds is 8. The second kappa shape index (κ2) is 8.08. The third-order valence-electron chi connectivity index (χ3n) is 3.06. The first-order chi connectivity index (χ1) is 7.33. The first kappa shape index (κ1) is 12.9. The lowest BCUT2D eigenvalue weighted by Gasteiger charge is -2.13. The normalized spacial score (nSPS) is 23.2. The molecule has 3 nitrogen and oxygen atoms in total. The van der Waals surface area contributed by atoms with E-state index >= 15 is 0 Å². The maximum Gasteiger partial charge on any atom is 0.0588 e. The minimum Gasteiger partial charge on any atom is -0.378 e. The molecule has 2 atom stereocenters. The van der Waals surface area contributed by atoms with Crippen molar-refractivity contribution in [2.24, 2.45) is 11.7 Å². The van der Waals surface area contributed by atoms with Crippen molar-refractivity contribution in [3.05, 3.63) is 0 Å². The Morgan fingerprint density at radius 2 is 2.40 bits per heavy atom. The van der Waals surface area contributed by atoms with E-state index in [0.717, 1.165) is 38.6 Å². The van der Waals surface area contributed by atoms with Gasteiger partial charge in [0.2, 0.25) is 0 Å². The zero-order chi connectivity index (χ0) is 10.9. The Bertz CT molecular complexity index is 147. The molecule has 1 heterocycles. The van der Waals surface area contributed by atoms with E-state index in [0.29, 0.717) is 6.10 Å². The topological polar surface area (TPSA) is 47.3 Å². The fourth-order valence-electron chi connectivity index (χ4n) is 2.05. The van der Waals surface area contributed by atoms with Gasteiger partial charge in [-0.2, -0.15) is 0 Å². The fourth-order valence-corrected chi connectivity index (χ4v) is 2.05. The molecule has 0 bridgehead atoms. The second-order valence-electron chi connectivity index (χ2n) is 4.66. The van der Waals surface area contributed by atoms with Crippen LogP contribution in [0.2, 0.25) is 0 Å². The average Bonchev–Trinajstić information content (AvgIpc) is 2.74. The minimum absolute atomic E-state index is 0.525. The summed E-state index contributed by atoms with van der Waals surface area (Å²) in [5.41, 5.74) is 5.48. The highest BCUT2D eigenvalue weighted by Gasteiger charge is 2.14. The quantitative estimate of drug-likeness (QED) is 0.602. The molecular weight excluding hydrogens is 188 g/mol. The smallest absolute Gasteiger partial charge is 0.0588 e. The predicted octanol–water partition coefficient (Wildman–Crippen LogP) is 1.52. The molecule has 0 spiro atoms. The van der Waals surface area contributed by atoms with Gasteiger partial charge in [-0.25, -0.2) is 0 Å². The molecular formula is C12H26N2O. The van der Waals surface area contributed by atoms with Crippen molar-refractivity contribution in [3.8, 4) is 0 Å². The maximum absolute atomic E-state index is 5.57. The Balaban J connectivity index is 1.87. The van der Waals surface area contributed by atoms with Crippen molar-refractivity contribution in [3.63, 3.8) is 0 Å². The van der Waals surface area contributed by atoms with Gasteiger partial charge < -0.3 is 15.8 Å². The highest BCUT2D eigenvalue weighted by Crippen LogP contribution is 2.14. The Hall–Kier alpha value is -0.120. The summed E-state index contributed by atoms with van der Waals surface area (Å²) in [6.07, 6.45) is 6.58. The van der Waals surface area contributed by atoms with Crippen LogP contribution in [0.15, 0.2) is 0 Å². The molecule has 1 aliphatic rings. The van der Waals surface area contributed by atoms with E-state index < -0.39 is 0 Å². The van der Waals surface area contributed by atoms with Crippen LogP contribution in [-0.4, -0.2) is 32.3 Å². The van der Waals surface area contributed by atoms with E-state index in [2.05, 4.69) is 12.2 Å². The van der Waals surface area contributed by atoms with E-state index in [1.807, 2.05) is 0 Å². The molecule has 2 unspecified atom stereocenters. The van der Waals surface area contributed by atoms with Gasteiger partial charge in [-0.3, -0.25) is 0 Å². The number of hydrogen-bond donors (Lipinski definition) is 2. The number of nitrogens with one attached hydrogen (secondary N) is 1. The van der Waals surface area contributed by atoms with Crippen LogP contribution in [0.25, 0.3) is 0 Å². The van der Waals surface area contributed by atoms with Gasteiger partial charge in [0, 0.05) is 6.61 Å². The molecule has 0 amide bonds. The lowest BCUT2D eigenvalue weighted by Crippen LogP contribution is -2.25.